The summed E-state index contributed by atoms with van der Waals surface area (Å²) in [5.41, 5.74) is 11.7. The lowest BCUT2D eigenvalue weighted by Crippen LogP contribution is -2.61. The molecule has 13 heteroatoms. The van der Waals surface area contributed by atoms with Crippen molar-refractivity contribution in [2.24, 2.45) is 23.2 Å². The largest absolute Gasteiger partial charge is 0.464 e. The van der Waals surface area contributed by atoms with E-state index in [2.05, 4.69) is 105 Å². The Morgan fingerprint density at radius 3 is 2.65 bits per heavy atom. The number of hydrogen-bond donors (Lipinski definition) is 2. The van der Waals surface area contributed by atoms with Gasteiger partial charge in [0.2, 0.25) is 5.91 Å². The summed E-state index contributed by atoms with van der Waals surface area (Å²) in [5, 5.41) is 8.67. The molecule has 1 aliphatic carbocycles. The summed E-state index contributed by atoms with van der Waals surface area (Å²) in [5.74, 6) is -0.172. The maximum absolute atomic E-state index is 14.4. The lowest BCUT2D eigenvalue weighted by atomic mass is 9.82. The van der Waals surface area contributed by atoms with Gasteiger partial charge in [0.15, 0.2) is 0 Å². The number of amides is 2. The van der Waals surface area contributed by atoms with Crippen molar-refractivity contribution in [3.63, 3.8) is 0 Å². The van der Waals surface area contributed by atoms with Gasteiger partial charge in [-0.3, -0.25) is 29.3 Å². The summed E-state index contributed by atoms with van der Waals surface area (Å²) in [7, 11) is 0. The van der Waals surface area contributed by atoms with Gasteiger partial charge in [-0.25, -0.2) is 10.4 Å². The van der Waals surface area contributed by atoms with Gasteiger partial charge in [-0.2, -0.15) is 0 Å². The number of cyclic esters (lactones) is 1. The first-order valence-corrected chi connectivity index (χ1v) is 24.1. The SMILES string of the molecule is CCn1c(-c2cc([C@H]3CCN4CCOC[C@@H]4C3)cnc2C(C)C)c2c3cc(ccc31)-c1csc(n1)[C@@H](C)[C@H](NC(=O)C1[C@@H](C)[C@H]1C)C(=O)N1CCC[C@H](N1)C(=O)OCC(C)(C)C2. The lowest BCUT2D eigenvalue weighted by molar-refractivity contribution is -0.155. The van der Waals surface area contributed by atoms with Crippen LogP contribution in [0.1, 0.15) is 121 Å². The summed E-state index contributed by atoms with van der Waals surface area (Å²) < 4.78 is 14.6. The van der Waals surface area contributed by atoms with E-state index in [0.29, 0.717) is 37.8 Å². The first kappa shape index (κ1) is 43.1. The summed E-state index contributed by atoms with van der Waals surface area (Å²) in [6.45, 7) is 22.2. The van der Waals surface area contributed by atoms with Gasteiger partial charge in [0.05, 0.1) is 41.9 Å². The van der Waals surface area contributed by atoms with E-state index in [1.165, 1.54) is 38.7 Å². The number of pyridine rings is 1. The van der Waals surface area contributed by atoms with E-state index in [1.807, 2.05) is 6.92 Å². The third kappa shape index (κ3) is 8.11. The van der Waals surface area contributed by atoms with Crippen LogP contribution in [0.5, 0.6) is 0 Å². The number of aryl methyl sites for hydroxylation is 1. The number of rotatable bonds is 6. The Morgan fingerprint density at radius 2 is 1.89 bits per heavy atom. The Morgan fingerprint density at radius 1 is 1.08 bits per heavy atom. The van der Waals surface area contributed by atoms with Crippen LogP contribution in [0, 0.1) is 23.2 Å². The summed E-state index contributed by atoms with van der Waals surface area (Å²) in [6.07, 6.45) is 6.14. The van der Waals surface area contributed by atoms with Crippen molar-refractivity contribution >= 4 is 40.0 Å². The molecule has 1 aromatic carbocycles. The van der Waals surface area contributed by atoms with Crippen LogP contribution in [0.25, 0.3) is 33.4 Å². The summed E-state index contributed by atoms with van der Waals surface area (Å²) in [4.78, 5) is 55.1. The number of fused-ring (bicyclic) bond motifs is 7. The molecule has 1 saturated carbocycles. The smallest absolute Gasteiger partial charge is 0.324 e. The average Bonchev–Trinajstić information content (AvgIpc) is 3.55. The predicted octanol–water partition coefficient (Wildman–Crippen LogP) is 7.66. The van der Waals surface area contributed by atoms with Crippen molar-refractivity contribution in [3.8, 4) is 22.5 Å². The Bertz CT molecular complexity index is 2340. The standard InChI is InChI=1S/C49H65N7O5S/c1-9-55-40-13-12-32-20-35(40)37(44(55)36-21-33(23-50-42(36)27(2)3)31-14-16-54-17-18-60-24-34(54)19-31)22-49(7,8)26-61-48(59)38-11-10-15-56(53-38)47(58)43(30(6)46-51-39(32)25-62-46)52-45(57)41-28(4)29(41)5/h12-13,20-21,23,25,27-31,34,38,41,43,53H,9-11,14-19,22,24,26H2,1-8H3,(H,52,57)/t28-,29+,30-,31-,34-,38-,41?,43-/m0/s1. The molecule has 2 amide bonds. The Hall–Kier alpha value is -4.17. The molecule has 2 N–H and O–H groups in total. The molecule has 8 atom stereocenters. The Kier molecular flexibility index (Phi) is 11.9. The van der Waals surface area contributed by atoms with Gasteiger partial charge in [0.25, 0.3) is 5.91 Å². The molecular formula is C49H65N7O5S. The zero-order valence-corrected chi connectivity index (χ0v) is 38.6. The van der Waals surface area contributed by atoms with Crippen LogP contribution in [-0.2, 0) is 36.8 Å². The number of ether oxygens (including phenoxy) is 2. The number of hydrogen-bond acceptors (Lipinski definition) is 10. The normalized spacial score (nSPS) is 29.3. The number of aromatic nitrogens is 3. The van der Waals surface area contributed by atoms with Crippen LogP contribution in [0.3, 0.4) is 0 Å². The molecule has 9 rings (SSSR count). The molecule has 6 bridgehead atoms. The number of esters is 1. The highest BCUT2D eigenvalue weighted by Gasteiger charge is 2.50. The number of hydrazine groups is 1. The number of morpholine rings is 1. The fourth-order valence-corrected chi connectivity index (χ4v) is 11.7. The molecule has 5 aliphatic rings. The number of carbonyl (C=O) groups excluding carboxylic acids is 3. The van der Waals surface area contributed by atoms with Crippen LogP contribution < -0.4 is 10.7 Å². The van der Waals surface area contributed by atoms with Crippen LogP contribution in [0.2, 0.25) is 0 Å². The van der Waals surface area contributed by atoms with Crippen molar-refractivity contribution in [1.29, 1.82) is 0 Å². The molecule has 0 radical (unpaired) electrons. The maximum atomic E-state index is 14.4. The van der Waals surface area contributed by atoms with Crippen LogP contribution in [0.4, 0.5) is 0 Å². The van der Waals surface area contributed by atoms with Gasteiger partial charge in [0.1, 0.15) is 12.1 Å². The van der Waals surface area contributed by atoms with E-state index in [4.69, 9.17) is 19.4 Å². The highest BCUT2D eigenvalue weighted by Crippen LogP contribution is 2.46. The van der Waals surface area contributed by atoms with E-state index in [0.717, 1.165) is 78.6 Å². The van der Waals surface area contributed by atoms with Crippen LogP contribution in [-0.4, -0.2) is 99.8 Å². The van der Waals surface area contributed by atoms with E-state index >= 15 is 0 Å². The number of nitrogens with zero attached hydrogens (tertiary/aromatic N) is 5. The monoisotopic (exact) mass is 863 g/mol. The Labute approximate surface area is 370 Å². The maximum Gasteiger partial charge on any atom is 0.324 e. The second-order valence-corrected chi connectivity index (χ2v) is 20.9. The zero-order valence-electron chi connectivity index (χ0n) is 37.8. The minimum atomic E-state index is -0.861. The number of piperidine rings is 1. The number of nitrogens with one attached hydrogen (secondary N) is 2. The fourth-order valence-electron chi connectivity index (χ4n) is 10.8. The zero-order chi connectivity index (χ0) is 43.6. The molecule has 1 unspecified atom stereocenters. The fraction of sp³-hybridized carbons (Fsp3) is 0.612. The van der Waals surface area contributed by atoms with E-state index in [9.17, 15) is 14.4 Å². The minimum Gasteiger partial charge on any atom is -0.464 e. The average molecular weight is 864 g/mol. The van der Waals surface area contributed by atoms with Gasteiger partial charge in [-0.1, -0.05) is 54.5 Å². The lowest BCUT2D eigenvalue weighted by Gasteiger charge is -2.42. The third-order valence-electron chi connectivity index (χ3n) is 14.8. The highest BCUT2D eigenvalue weighted by molar-refractivity contribution is 7.10. The van der Waals surface area contributed by atoms with Gasteiger partial charge >= 0.3 is 5.97 Å². The molecule has 0 spiro atoms. The first-order chi connectivity index (χ1) is 29.7. The van der Waals surface area contributed by atoms with Crippen molar-refractivity contribution in [3.05, 3.63) is 57.7 Å². The second kappa shape index (κ2) is 17.1. The van der Waals surface area contributed by atoms with Gasteiger partial charge in [0, 0.05) is 76.5 Å². The van der Waals surface area contributed by atoms with E-state index in [1.54, 1.807) is 0 Å². The third-order valence-corrected chi connectivity index (χ3v) is 15.8. The number of carbonyl (C=O) groups is 3. The van der Waals surface area contributed by atoms with E-state index in [-0.39, 0.29) is 48.1 Å². The molecule has 62 heavy (non-hydrogen) atoms. The highest BCUT2D eigenvalue weighted by atomic mass is 32.1. The van der Waals surface area contributed by atoms with Gasteiger partial charge < -0.3 is 19.4 Å². The summed E-state index contributed by atoms with van der Waals surface area (Å²) >= 11 is 1.52. The molecule has 4 aromatic rings. The van der Waals surface area contributed by atoms with Crippen molar-refractivity contribution < 1.29 is 23.9 Å². The molecule has 12 nitrogen and oxygen atoms in total. The summed E-state index contributed by atoms with van der Waals surface area (Å²) in [6, 6.07) is 8.00. The van der Waals surface area contributed by atoms with E-state index < -0.39 is 23.4 Å². The molecule has 3 saturated heterocycles. The van der Waals surface area contributed by atoms with Crippen molar-refractivity contribution in [1.82, 2.24) is 35.2 Å². The number of thiazole rings is 1. The molecule has 3 aromatic heterocycles. The van der Waals surface area contributed by atoms with Gasteiger partial charge in [-0.15, -0.1) is 11.3 Å². The Balaban J connectivity index is 1.16. The topological polar surface area (TPSA) is 131 Å². The van der Waals surface area contributed by atoms with Crippen LogP contribution >= 0.6 is 11.3 Å². The van der Waals surface area contributed by atoms with Crippen molar-refractivity contribution in [2.75, 3.05) is 39.5 Å². The molecular weight excluding hydrogens is 799 g/mol. The minimum absolute atomic E-state index is 0.107. The first-order valence-electron chi connectivity index (χ1n) is 23.2. The number of benzene rings is 1. The van der Waals surface area contributed by atoms with Crippen molar-refractivity contribution in [2.45, 2.75) is 130 Å². The molecule has 4 fully saturated rings. The molecule has 7 heterocycles. The second-order valence-electron chi connectivity index (χ2n) is 20.0. The predicted molar refractivity (Wildman–Crippen MR) is 243 cm³/mol. The van der Waals surface area contributed by atoms with Crippen LogP contribution in [0.15, 0.2) is 35.8 Å². The van der Waals surface area contributed by atoms with Gasteiger partial charge in [-0.05, 0) is 98.6 Å². The quantitative estimate of drug-likeness (QED) is 0.188. The molecule has 4 aliphatic heterocycles. The molecule has 332 valence electrons.